The molecule has 0 unspecified atom stereocenters. The molecule has 0 fully saturated rings. The molecule has 3 aromatic carbocycles. The molecule has 1 aromatic heterocycles. The van der Waals surface area contributed by atoms with Gasteiger partial charge in [0.1, 0.15) is 12.4 Å². The molecule has 0 saturated heterocycles. The van der Waals surface area contributed by atoms with Gasteiger partial charge in [0.05, 0.1) is 5.69 Å². The van der Waals surface area contributed by atoms with Gasteiger partial charge in [0.25, 0.3) is 5.91 Å². The Bertz CT molecular complexity index is 1150. The normalized spacial score (nSPS) is 10.6. The van der Waals surface area contributed by atoms with Crippen molar-refractivity contribution in [2.75, 3.05) is 5.32 Å². The summed E-state index contributed by atoms with van der Waals surface area (Å²) >= 11 is 1.42. The van der Waals surface area contributed by atoms with E-state index >= 15 is 0 Å². The summed E-state index contributed by atoms with van der Waals surface area (Å²) in [5, 5.41) is 5.42. The monoisotopic (exact) mass is 414 g/mol. The molecule has 0 aliphatic rings. The van der Waals surface area contributed by atoms with Crippen LogP contribution in [0.25, 0.3) is 11.3 Å². The number of nitrogens with zero attached hydrogens (tertiary/aromatic N) is 1. The lowest BCUT2D eigenvalue weighted by molar-refractivity contribution is 0.102. The standard InChI is InChI=1S/C25H22N2O2S/c1-17-8-9-21(14-18(17)2)23-16-30-25(26-23)27-24(28)20-10-12-22(13-11-20)29-15-19-6-4-3-5-7-19/h3-14,16H,15H2,1-2H3,(H,26,27,28). The number of nitrogens with one attached hydrogen (secondary N) is 1. The zero-order valence-corrected chi connectivity index (χ0v) is 17.7. The number of anilines is 1. The Labute approximate surface area is 180 Å². The predicted octanol–water partition coefficient (Wildman–Crippen LogP) is 6.26. The van der Waals surface area contributed by atoms with Gasteiger partial charge in [-0.05, 0) is 60.9 Å². The molecule has 150 valence electrons. The molecule has 0 radical (unpaired) electrons. The highest BCUT2D eigenvalue weighted by atomic mass is 32.1. The summed E-state index contributed by atoms with van der Waals surface area (Å²) in [6.07, 6.45) is 0. The quantitative estimate of drug-likeness (QED) is 0.405. The van der Waals surface area contributed by atoms with Gasteiger partial charge in [0.2, 0.25) is 0 Å². The maximum atomic E-state index is 12.6. The fourth-order valence-corrected chi connectivity index (χ4v) is 3.69. The van der Waals surface area contributed by atoms with E-state index in [2.05, 4.69) is 42.3 Å². The van der Waals surface area contributed by atoms with Gasteiger partial charge in [0.15, 0.2) is 5.13 Å². The molecule has 0 atom stereocenters. The third-order valence-electron chi connectivity index (χ3n) is 4.89. The predicted molar refractivity (Wildman–Crippen MR) is 122 cm³/mol. The van der Waals surface area contributed by atoms with E-state index < -0.39 is 0 Å². The zero-order valence-electron chi connectivity index (χ0n) is 16.9. The van der Waals surface area contributed by atoms with Crippen molar-refractivity contribution < 1.29 is 9.53 Å². The van der Waals surface area contributed by atoms with Crippen LogP contribution in [0.15, 0.2) is 78.2 Å². The van der Waals surface area contributed by atoms with Crippen molar-refractivity contribution in [3.05, 3.63) is 100 Å². The average Bonchev–Trinajstić information content (AvgIpc) is 3.24. The van der Waals surface area contributed by atoms with Gasteiger partial charge in [-0.25, -0.2) is 4.98 Å². The van der Waals surface area contributed by atoms with E-state index in [0.29, 0.717) is 17.3 Å². The summed E-state index contributed by atoms with van der Waals surface area (Å²) in [7, 11) is 0. The number of ether oxygens (including phenoxy) is 1. The third kappa shape index (κ3) is 4.75. The second-order valence-corrected chi connectivity index (χ2v) is 7.95. The summed E-state index contributed by atoms with van der Waals surface area (Å²) in [5.74, 6) is 0.535. The highest BCUT2D eigenvalue weighted by Crippen LogP contribution is 2.27. The minimum atomic E-state index is -0.189. The number of aromatic nitrogens is 1. The van der Waals surface area contributed by atoms with Gasteiger partial charge in [-0.2, -0.15) is 0 Å². The van der Waals surface area contributed by atoms with E-state index in [-0.39, 0.29) is 5.91 Å². The highest BCUT2D eigenvalue weighted by Gasteiger charge is 2.11. The van der Waals surface area contributed by atoms with Crippen molar-refractivity contribution >= 4 is 22.4 Å². The first-order valence-electron chi connectivity index (χ1n) is 9.70. The first-order valence-corrected chi connectivity index (χ1v) is 10.6. The van der Waals surface area contributed by atoms with Gasteiger partial charge in [0, 0.05) is 16.5 Å². The highest BCUT2D eigenvalue weighted by molar-refractivity contribution is 7.14. The van der Waals surface area contributed by atoms with Gasteiger partial charge in [-0.15, -0.1) is 11.3 Å². The fourth-order valence-electron chi connectivity index (χ4n) is 2.98. The summed E-state index contributed by atoms with van der Waals surface area (Å²) in [6.45, 7) is 4.66. The largest absolute Gasteiger partial charge is 0.489 e. The fraction of sp³-hybridized carbons (Fsp3) is 0.120. The topological polar surface area (TPSA) is 51.2 Å². The molecule has 5 heteroatoms. The second kappa shape index (κ2) is 8.93. The molecular formula is C25H22N2O2S. The van der Waals surface area contributed by atoms with E-state index in [1.54, 1.807) is 24.3 Å². The van der Waals surface area contributed by atoms with Crippen LogP contribution < -0.4 is 10.1 Å². The maximum absolute atomic E-state index is 12.6. The Balaban J connectivity index is 1.38. The van der Waals surface area contributed by atoms with Crippen molar-refractivity contribution in [3.63, 3.8) is 0 Å². The van der Waals surface area contributed by atoms with E-state index in [1.807, 2.05) is 35.7 Å². The molecule has 0 spiro atoms. The van der Waals surface area contributed by atoms with Crippen LogP contribution in [-0.4, -0.2) is 10.9 Å². The average molecular weight is 415 g/mol. The SMILES string of the molecule is Cc1ccc(-c2csc(NC(=O)c3ccc(OCc4ccccc4)cc3)n2)cc1C. The number of aryl methyl sites for hydroxylation is 2. The van der Waals surface area contributed by atoms with Gasteiger partial charge >= 0.3 is 0 Å². The lowest BCUT2D eigenvalue weighted by Crippen LogP contribution is -2.11. The molecule has 0 saturated carbocycles. The minimum absolute atomic E-state index is 0.189. The van der Waals surface area contributed by atoms with Crippen molar-refractivity contribution in [2.24, 2.45) is 0 Å². The molecule has 0 aliphatic heterocycles. The van der Waals surface area contributed by atoms with Crippen molar-refractivity contribution in [3.8, 4) is 17.0 Å². The van der Waals surface area contributed by atoms with Crippen LogP contribution in [0.1, 0.15) is 27.0 Å². The van der Waals surface area contributed by atoms with E-state index in [0.717, 1.165) is 22.6 Å². The third-order valence-corrected chi connectivity index (χ3v) is 5.65. The number of carbonyl (C=O) groups excluding carboxylic acids is 1. The first kappa shape index (κ1) is 19.9. The van der Waals surface area contributed by atoms with Gasteiger partial charge in [-0.1, -0.05) is 42.5 Å². The van der Waals surface area contributed by atoms with Crippen molar-refractivity contribution in [2.45, 2.75) is 20.5 Å². The van der Waals surface area contributed by atoms with Crippen LogP contribution in [0, 0.1) is 13.8 Å². The van der Waals surface area contributed by atoms with Crippen molar-refractivity contribution in [1.82, 2.24) is 4.98 Å². The van der Waals surface area contributed by atoms with E-state index in [4.69, 9.17) is 4.74 Å². The summed E-state index contributed by atoms with van der Waals surface area (Å²) in [4.78, 5) is 17.1. The summed E-state index contributed by atoms with van der Waals surface area (Å²) < 4.78 is 5.77. The van der Waals surface area contributed by atoms with Crippen LogP contribution in [0.2, 0.25) is 0 Å². The van der Waals surface area contributed by atoms with Crippen LogP contribution in [0.3, 0.4) is 0 Å². The van der Waals surface area contributed by atoms with E-state index in [9.17, 15) is 4.79 Å². The molecule has 30 heavy (non-hydrogen) atoms. The van der Waals surface area contributed by atoms with Gasteiger partial charge < -0.3 is 4.74 Å². The number of hydrogen-bond donors (Lipinski definition) is 1. The maximum Gasteiger partial charge on any atom is 0.257 e. The molecule has 4 aromatic rings. The lowest BCUT2D eigenvalue weighted by Gasteiger charge is -2.07. The minimum Gasteiger partial charge on any atom is -0.489 e. The molecule has 0 bridgehead atoms. The number of amides is 1. The van der Waals surface area contributed by atoms with E-state index in [1.165, 1.54) is 22.5 Å². The lowest BCUT2D eigenvalue weighted by atomic mass is 10.1. The molecule has 1 amide bonds. The zero-order chi connectivity index (χ0) is 20.9. The van der Waals surface area contributed by atoms with Crippen LogP contribution >= 0.6 is 11.3 Å². The van der Waals surface area contributed by atoms with Crippen LogP contribution in [0.5, 0.6) is 5.75 Å². The molecule has 4 nitrogen and oxygen atoms in total. The Hall–Kier alpha value is -3.44. The number of hydrogen-bond acceptors (Lipinski definition) is 4. The first-order chi connectivity index (χ1) is 14.6. The van der Waals surface area contributed by atoms with Crippen LogP contribution in [-0.2, 0) is 6.61 Å². The Morgan fingerprint density at radius 3 is 2.47 bits per heavy atom. The molecule has 0 aliphatic carbocycles. The number of rotatable bonds is 6. The van der Waals surface area contributed by atoms with Gasteiger partial charge in [-0.3, -0.25) is 10.1 Å². The molecule has 4 rings (SSSR count). The number of carbonyl (C=O) groups is 1. The molecular weight excluding hydrogens is 392 g/mol. The van der Waals surface area contributed by atoms with Crippen molar-refractivity contribution in [1.29, 1.82) is 0 Å². The second-order valence-electron chi connectivity index (χ2n) is 7.09. The number of thiazole rings is 1. The van der Waals surface area contributed by atoms with Crippen LogP contribution in [0.4, 0.5) is 5.13 Å². The number of benzene rings is 3. The Morgan fingerprint density at radius 1 is 0.967 bits per heavy atom. The summed E-state index contributed by atoms with van der Waals surface area (Å²) in [5.41, 5.74) is 6.05. The molecule has 1 N–H and O–H groups in total. The smallest absolute Gasteiger partial charge is 0.257 e. The molecule has 1 heterocycles. The Morgan fingerprint density at radius 2 is 1.73 bits per heavy atom. The summed E-state index contributed by atoms with van der Waals surface area (Å²) in [6, 6.07) is 23.4. The Kier molecular flexibility index (Phi) is 5.91.